The normalized spacial score (nSPS) is 26.5. The first-order valence-electron chi connectivity index (χ1n) is 7.51. The second-order valence-corrected chi connectivity index (χ2v) is 7.35. The molecule has 0 aromatic carbocycles. The van der Waals surface area contributed by atoms with Crippen LogP contribution in [-0.2, 0) is 10.0 Å². The Labute approximate surface area is 126 Å². The van der Waals surface area contributed by atoms with Crippen LogP contribution in [0.4, 0.5) is 5.69 Å². The number of nitrogens with one attached hydrogen (secondary N) is 2. The van der Waals surface area contributed by atoms with Gasteiger partial charge in [-0.15, -0.1) is 0 Å². The van der Waals surface area contributed by atoms with Crippen LogP contribution in [0.1, 0.15) is 25.7 Å². The van der Waals surface area contributed by atoms with Crippen molar-refractivity contribution in [2.75, 3.05) is 25.5 Å². The zero-order valence-corrected chi connectivity index (χ0v) is 13.1. The van der Waals surface area contributed by atoms with Crippen molar-refractivity contribution in [2.45, 2.75) is 42.8 Å². The predicted octanol–water partition coefficient (Wildman–Crippen LogP) is 1.03. The van der Waals surface area contributed by atoms with Crippen LogP contribution in [-0.4, -0.2) is 50.5 Å². The number of fused-ring (bicyclic) bond motifs is 1. The third-order valence-corrected chi connectivity index (χ3v) is 5.91. The van der Waals surface area contributed by atoms with E-state index in [0.717, 1.165) is 25.9 Å². The van der Waals surface area contributed by atoms with Gasteiger partial charge < -0.3 is 5.32 Å². The van der Waals surface area contributed by atoms with Crippen molar-refractivity contribution in [3.05, 3.63) is 18.3 Å². The highest BCUT2D eigenvalue weighted by atomic mass is 32.2. The van der Waals surface area contributed by atoms with Crippen LogP contribution in [0.3, 0.4) is 0 Å². The lowest BCUT2D eigenvalue weighted by atomic mass is 10.00. The van der Waals surface area contributed by atoms with Gasteiger partial charge in [0, 0.05) is 31.9 Å². The minimum Gasteiger partial charge on any atom is -0.386 e. The molecule has 0 amide bonds. The Balaban J connectivity index is 1.80. The fraction of sp³-hybridized carbons (Fsp3) is 0.643. The van der Waals surface area contributed by atoms with Gasteiger partial charge in [-0.25, -0.2) is 18.1 Å². The lowest BCUT2D eigenvalue weighted by Gasteiger charge is -2.32. The van der Waals surface area contributed by atoms with E-state index in [1.54, 1.807) is 19.2 Å². The van der Waals surface area contributed by atoms with Crippen LogP contribution in [0.15, 0.2) is 23.4 Å². The molecular formula is C14H22N4O2S. The molecule has 1 aromatic rings. The molecule has 0 aliphatic carbocycles. The maximum atomic E-state index is 12.6. The minimum absolute atomic E-state index is 0.00186. The number of sulfonamides is 1. The number of pyridine rings is 1. The van der Waals surface area contributed by atoms with E-state index in [4.69, 9.17) is 0 Å². The van der Waals surface area contributed by atoms with Gasteiger partial charge in [0.2, 0.25) is 0 Å². The van der Waals surface area contributed by atoms with E-state index in [-0.39, 0.29) is 11.1 Å². The summed E-state index contributed by atoms with van der Waals surface area (Å²) < 4.78 is 28.1. The number of rotatable bonds is 4. The SMILES string of the molecule is CNc1cccnc1S(=O)(=O)NC1CCN2CCCCC12. The van der Waals surface area contributed by atoms with E-state index in [1.807, 2.05) is 0 Å². The van der Waals surface area contributed by atoms with Crippen LogP contribution < -0.4 is 10.0 Å². The first-order valence-corrected chi connectivity index (χ1v) is 8.99. The summed E-state index contributed by atoms with van der Waals surface area (Å²) in [6, 6.07) is 3.80. The maximum absolute atomic E-state index is 12.6. The highest BCUT2D eigenvalue weighted by molar-refractivity contribution is 7.89. The number of hydrogen-bond donors (Lipinski definition) is 2. The fourth-order valence-corrected chi connectivity index (χ4v) is 4.88. The molecule has 3 heterocycles. The lowest BCUT2D eigenvalue weighted by molar-refractivity contribution is 0.186. The van der Waals surface area contributed by atoms with Crippen molar-refractivity contribution in [3.63, 3.8) is 0 Å². The summed E-state index contributed by atoms with van der Waals surface area (Å²) in [7, 11) is -1.88. The van der Waals surface area contributed by atoms with Gasteiger partial charge in [0.05, 0.1) is 5.69 Å². The van der Waals surface area contributed by atoms with Crippen molar-refractivity contribution in [2.24, 2.45) is 0 Å². The van der Waals surface area contributed by atoms with Gasteiger partial charge in [-0.1, -0.05) is 6.42 Å². The van der Waals surface area contributed by atoms with Gasteiger partial charge >= 0.3 is 0 Å². The smallest absolute Gasteiger partial charge is 0.260 e. The number of hydrogen-bond acceptors (Lipinski definition) is 5. The number of anilines is 1. The largest absolute Gasteiger partial charge is 0.386 e. The molecule has 0 spiro atoms. The zero-order chi connectivity index (χ0) is 14.9. The monoisotopic (exact) mass is 310 g/mol. The number of nitrogens with zero attached hydrogens (tertiary/aromatic N) is 2. The van der Waals surface area contributed by atoms with E-state index in [2.05, 4.69) is 19.9 Å². The molecule has 0 bridgehead atoms. The average Bonchev–Trinajstić information content (AvgIpc) is 2.90. The first-order chi connectivity index (χ1) is 10.1. The summed E-state index contributed by atoms with van der Waals surface area (Å²) in [6.45, 7) is 2.08. The molecule has 0 radical (unpaired) electrons. The number of piperidine rings is 1. The quantitative estimate of drug-likeness (QED) is 0.869. The molecule has 2 aliphatic heterocycles. The molecule has 3 rings (SSSR count). The molecule has 2 atom stereocenters. The van der Waals surface area contributed by atoms with Crippen LogP contribution in [0.25, 0.3) is 0 Å². The maximum Gasteiger partial charge on any atom is 0.260 e. The fourth-order valence-electron chi connectivity index (χ4n) is 3.44. The molecule has 2 saturated heterocycles. The summed E-state index contributed by atoms with van der Waals surface area (Å²) in [4.78, 5) is 6.45. The van der Waals surface area contributed by atoms with Gasteiger partial charge in [-0.05, 0) is 37.9 Å². The van der Waals surface area contributed by atoms with E-state index in [1.165, 1.54) is 19.0 Å². The van der Waals surface area contributed by atoms with Gasteiger partial charge in [-0.2, -0.15) is 0 Å². The van der Waals surface area contributed by atoms with Gasteiger partial charge in [0.15, 0.2) is 5.03 Å². The second-order valence-electron chi connectivity index (χ2n) is 5.72. The molecule has 2 N–H and O–H groups in total. The molecule has 2 aliphatic rings. The standard InChI is InChI=1S/C14H22N4O2S/c1-15-12-5-4-8-16-14(12)21(19,20)17-11-7-10-18-9-3-2-6-13(11)18/h4-5,8,11,13,15,17H,2-3,6-7,9-10H2,1H3. The van der Waals surface area contributed by atoms with Crippen molar-refractivity contribution < 1.29 is 8.42 Å². The van der Waals surface area contributed by atoms with Crippen LogP contribution in [0, 0.1) is 0 Å². The predicted molar refractivity (Wildman–Crippen MR) is 81.7 cm³/mol. The van der Waals surface area contributed by atoms with Gasteiger partial charge in [-0.3, -0.25) is 4.90 Å². The highest BCUT2D eigenvalue weighted by Crippen LogP contribution is 2.28. The summed E-state index contributed by atoms with van der Waals surface area (Å²) in [5.74, 6) is 0. The topological polar surface area (TPSA) is 74.3 Å². The molecule has 6 nitrogen and oxygen atoms in total. The molecular weight excluding hydrogens is 288 g/mol. The summed E-state index contributed by atoms with van der Waals surface area (Å²) >= 11 is 0. The first kappa shape index (κ1) is 14.7. The Kier molecular flexibility index (Phi) is 4.14. The average molecular weight is 310 g/mol. The Hall–Kier alpha value is -1.18. The summed E-state index contributed by atoms with van der Waals surface area (Å²) in [5.41, 5.74) is 0.531. The second kappa shape index (κ2) is 5.90. The van der Waals surface area contributed by atoms with E-state index >= 15 is 0 Å². The zero-order valence-electron chi connectivity index (χ0n) is 12.2. The van der Waals surface area contributed by atoms with Crippen LogP contribution >= 0.6 is 0 Å². The summed E-state index contributed by atoms with van der Waals surface area (Å²) in [5, 5.41) is 2.98. The van der Waals surface area contributed by atoms with E-state index in [0.29, 0.717) is 11.7 Å². The Morgan fingerprint density at radius 2 is 2.14 bits per heavy atom. The molecule has 21 heavy (non-hydrogen) atoms. The Morgan fingerprint density at radius 1 is 1.29 bits per heavy atom. The van der Waals surface area contributed by atoms with Crippen molar-refractivity contribution in [1.29, 1.82) is 0 Å². The molecule has 116 valence electrons. The van der Waals surface area contributed by atoms with Crippen LogP contribution in [0.2, 0.25) is 0 Å². The third kappa shape index (κ3) is 2.90. The lowest BCUT2D eigenvalue weighted by Crippen LogP contribution is -2.46. The summed E-state index contributed by atoms with van der Waals surface area (Å²) in [6.07, 6.45) is 5.88. The van der Waals surface area contributed by atoms with E-state index < -0.39 is 10.0 Å². The highest BCUT2D eigenvalue weighted by Gasteiger charge is 2.38. The minimum atomic E-state index is -3.59. The number of aromatic nitrogens is 1. The Bertz CT molecular complexity index is 605. The molecule has 7 heteroatoms. The molecule has 1 aromatic heterocycles. The van der Waals surface area contributed by atoms with Crippen molar-refractivity contribution in [1.82, 2.24) is 14.6 Å². The third-order valence-electron chi connectivity index (χ3n) is 4.46. The molecule has 0 saturated carbocycles. The van der Waals surface area contributed by atoms with Gasteiger partial charge in [0.1, 0.15) is 0 Å². The van der Waals surface area contributed by atoms with Crippen molar-refractivity contribution in [3.8, 4) is 0 Å². The molecule has 2 fully saturated rings. The van der Waals surface area contributed by atoms with Crippen molar-refractivity contribution >= 4 is 15.7 Å². The van der Waals surface area contributed by atoms with Crippen LogP contribution in [0.5, 0.6) is 0 Å². The Morgan fingerprint density at radius 3 is 2.95 bits per heavy atom. The van der Waals surface area contributed by atoms with Gasteiger partial charge in [0.25, 0.3) is 10.0 Å². The molecule has 2 unspecified atom stereocenters. The van der Waals surface area contributed by atoms with E-state index in [9.17, 15) is 8.42 Å².